The third-order valence-electron chi connectivity index (χ3n) is 3.01. The second kappa shape index (κ2) is 5.24. The zero-order valence-electron chi connectivity index (χ0n) is 11.2. The number of rotatable bonds is 4. The molecule has 0 atom stereocenters. The average Bonchev–Trinajstić information content (AvgIpc) is 2.89. The molecule has 21 heavy (non-hydrogen) atoms. The summed E-state index contributed by atoms with van der Waals surface area (Å²) in [5.41, 5.74) is 1.30. The van der Waals surface area contributed by atoms with Crippen LogP contribution in [0.25, 0.3) is 10.9 Å². The number of aromatic carboxylic acids is 1. The number of nitrogens with zero attached hydrogens (tertiary/aromatic N) is 2. The van der Waals surface area contributed by atoms with Crippen LogP contribution in [0.3, 0.4) is 0 Å². The molecule has 0 aliphatic carbocycles. The molecular weight excluding hydrogens is 272 g/mol. The highest BCUT2D eigenvalue weighted by atomic mass is 16.5. The average molecular weight is 284 g/mol. The van der Waals surface area contributed by atoms with Gasteiger partial charge in [-0.1, -0.05) is 23.4 Å². The van der Waals surface area contributed by atoms with Crippen LogP contribution in [-0.2, 0) is 6.61 Å². The van der Waals surface area contributed by atoms with Gasteiger partial charge in [0.2, 0.25) is 0 Å². The zero-order chi connectivity index (χ0) is 14.8. The number of benzene rings is 1. The van der Waals surface area contributed by atoms with E-state index in [9.17, 15) is 9.90 Å². The van der Waals surface area contributed by atoms with E-state index in [0.29, 0.717) is 22.4 Å². The normalized spacial score (nSPS) is 10.7. The summed E-state index contributed by atoms with van der Waals surface area (Å²) >= 11 is 0. The van der Waals surface area contributed by atoms with Crippen LogP contribution in [0.15, 0.2) is 41.1 Å². The van der Waals surface area contributed by atoms with Crippen LogP contribution in [0.4, 0.5) is 0 Å². The van der Waals surface area contributed by atoms with Gasteiger partial charge in [-0.05, 0) is 13.0 Å². The minimum atomic E-state index is -1.06. The summed E-state index contributed by atoms with van der Waals surface area (Å²) in [5, 5.41) is 13.8. The van der Waals surface area contributed by atoms with Gasteiger partial charge >= 0.3 is 5.97 Å². The number of ether oxygens (including phenoxy) is 1. The molecule has 0 fully saturated rings. The first-order valence-corrected chi connectivity index (χ1v) is 6.31. The van der Waals surface area contributed by atoms with Crippen LogP contribution in [0.1, 0.15) is 21.8 Å². The lowest BCUT2D eigenvalue weighted by molar-refractivity contribution is 0.0694. The van der Waals surface area contributed by atoms with Crippen molar-refractivity contribution in [1.29, 1.82) is 0 Å². The number of hydrogen-bond donors (Lipinski definition) is 1. The Morgan fingerprint density at radius 1 is 1.38 bits per heavy atom. The molecular formula is C15H12N2O4. The van der Waals surface area contributed by atoms with Gasteiger partial charge in [0, 0.05) is 11.5 Å². The van der Waals surface area contributed by atoms with Crippen molar-refractivity contribution in [3.8, 4) is 5.75 Å². The highest BCUT2D eigenvalue weighted by Crippen LogP contribution is 2.26. The van der Waals surface area contributed by atoms with E-state index in [0.717, 1.165) is 0 Å². The first kappa shape index (κ1) is 13.1. The van der Waals surface area contributed by atoms with Crippen molar-refractivity contribution < 1.29 is 19.2 Å². The van der Waals surface area contributed by atoms with Gasteiger partial charge in [-0.2, -0.15) is 0 Å². The van der Waals surface area contributed by atoms with Crippen molar-refractivity contribution in [2.45, 2.75) is 13.5 Å². The van der Waals surface area contributed by atoms with Gasteiger partial charge < -0.3 is 14.4 Å². The van der Waals surface area contributed by atoms with Crippen LogP contribution < -0.4 is 4.74 Å². The van der Waals surface area contributed by atoms with Crippen molar-refractivity contribution in [2.75, 3.05) is 0 Å². The summed E-state index contributed by atoms with van der Waals surface area (Å²) in [5.74, 6) is -0.175. The molecule has 0 amide bonds. The van der Waals surface area contributed by atoms with Gasteiger partial charge in [0.25, 0.3) is 0 Å². The predicted octanol–water partition coefficient (Wildman–Crippen LogP) is 2.81. The number of para-hydroxylation sites is 1. The number of aromatic nitrogens is 2. The van der Waals surface area contributed by atoms with E-state index in [2.05, 4.69) is 10.1 Å². The van der Waals surface area contributed by atoms with Crippen molar-refractivity contribution >= 4 is 16.9 Å². The molecule has 3 aromatic rings. The predicted molar refractivity (Wildman–Crippen MR) is 74.3 cm³/mol. The summed E-state index contributed by atoms with van der Waals surface area (Å²) < 4.78 is 10.5. The standard InChI is InChI=1S/C15H12N2O4/c1-9-6-10(17-21-9)8-20-13-7-16-12-5-3-2-4-11(12)14(13)15(18)19/h2-7H,8H2,1H3,(H,18,19). The molecule has 1 N–H and O–H groups in total. The van der Waals surface area contributed by atoms with Crippen LogP contribution in [0.5, 0.6) is 5.75 Å². The van der Waals surface area contributed by atoms with Gasteiger partial charge in [0.15, 0.2) is 5.75 Å². The van der Waals surface area contributed by atoms with Crippen LogP contribution >= 0.6 is 0 Å². The van der Waals surface area contributed by atoms with E-state index >= 15 is 0 Å². The molecule has 0 aliphatic heterocycles. The molecule has 2 aromatic heterocycles. The summed E-state index contributed by atoms with van der Waals surface area (Å²) in [7, 11) is 0. The third-order valence-corrected chi connectivity index (χ3v) is 3.01. The highest BCUT2D eigenvalue weighted by Gasteiger charge is 2.17. The zero-order valence-corrected chi connectivity index (χ0v) is 11.2. The van der Waals surface area contributed by atoms with Crippen molar-refractivity contribution in [1.82, 2.24) is 10.1 Å². The van der Waals surface area contributed by atoms with Gasteiger partial charge in [0.05, 0.1) is 11.7 Å². The molecule has 0 radical (unpaired) electrons. The van der Waals surface area contributed by atoms with Crippen LogP contribution in [-0.4, -0.2) is 21.2 Å². The molecule has 0 saturated heterocycles. The number of carboxylic acids is 1. The fourth-order valence-electron chi connectivity index (χ4n) is 2.09. The molecule has 0 bridgehead atoms. The highest BCUT2D eigenvalue weighted by molar-refractivity contribution is 6.04. The van der Waals surface area contributed by atoms with Gasteiger partial charge in [-0.25, -0.2) is 4.79 Å². The fraction of sp³-hybridized carbons (Fsp3) is 0.133. The summed E-state index contributed by atoms with van der Waals surface area (Å²) in [6.07, 6.45) is 1.42. The molecule has 0 unspecified atom stereocenters. The molecule has 106 valence electrons. The number of fused-ring (bicyclic) bond motifs is 1. The van der Waals surface area contributed by atoms with Crippen molar-refractivity contribution in [2.24, 2.45) is 0 Å². The Hall–Kier alpha value is -2.89. The monoisotopic (exact) mass is 284 g/mol. The fourth-order valence-corrected chi connectivity index (χ4v) is 2.09. The number of carbonyl (C=O) groups is 1. The SMILES string of the molecule is Cc1cc(COc2cnc3ccccc3c2C(=O)O)no1. The maximum atomic E-state index is 11.5. The largest absolute Gasteiger partial charge is 0.485 e. The topological polar surface area (TPSA) is 85.5 Å². The summed E-state index contributed by atoms with van der Waals surface area (Å²) in [6, 6.07) is 8.77. The molecule has 0 saturated carbocycles. The lowest BCUT2D eigenvalue weighted by atomic mass is 10.1. The Bertz CT molecular complexity index is 810. The minimum Gasteiger partial charge on any atom is -0.485 e. The van der Waals surface area contributed by atoms with Gasteiger partial charge in [-0.15, -0.1) is 0 Å². The van der Waals surface area contributed by atoms with E-state index in [1.54, 1.807) is 37.3 Å². The third kappa shape index (κ3) is 2.55. The molecule has 2 heterocycles. The Labute approximate surface area is 120 Å². The Balaban J connectivity index is 1.97. The maximum absolute atomic E-state index is 11.5. The lowest BCUT2D eigenvalue weighted by Gasteiger charge is -2.09. The van der Waals surface area contributed by atoms with Gasteiger partial charge in [0.1, 0.15) is 23.6 Å². The molecule has 6 heteroatoms. The summed E-state index contributed by atoms with van der Waals surface area (Å²) in [4.78, 5) is 15.7. The van der Waals surface area contributed by atoms with E-state index in [1.807, 2.05) is 0 Å². The lowest BCUT2D eigenvalue weighted by Crippen LogP contribution is -2.05. The van der Waals surface area contributed by atoms with Gasteiger partial charge in [-0.3, -0.25) is 4.98 Å². The van der Waals surface area contributed by atoms with Crippen molar-refractivity contribution in [3.63, 3.8) is 0 Å². The molecule has 0 aliphatic rings. The van der Waals surface area contributed by atoms with E-state index in [1.165, 1.54) is 6.20 Å². The molecule has 6 nitrogen and oxygen atoms in total. The number of hydrogen-bond acceptors (Lipinski definition) is 5. The van der Waals surface area contributed by atoms with Crippen molar-refractivity contribution in [3.05, 3.63) is 53.5 Å². The number of pyridine rings is 1. The van der Waals surface area contributed by atoms with Crippen LogP contribution in [0.2, 0.25) is 0 Å². The molecule has 3 rings (SSSR count). The number of aryl methyl sites for hydroxylation is 1. The maximum Gasteiger partial charge on any atom is 0.340 e. The van der Waals surface area contributed by atoms with E-state index < -0.39 is 5.97 Å². The Morgan fingerprint density at radius 2 is 2.19 bits per heavy atom. The second-order valence-corrected chi connectivity index (χ2v) is 4.54. The molecule has 1 aromatic carbocycles. The van der Waals surface area contributed by atoms with E-state index in [-0.39, 0.29) is 17.9 Å². The minimum absolute atomic E-state index is 0.0980. The first-order valence-electron chi connectivity index (χ1n) is 6.31. The second-order valence-electron chi connectivity index (χ2n) is 4.54. The Morgan fingerprint density at radius 3 is 2.90 bits per heavy atom. The summed E-state index contributed by atoms with van der Waals surface area (Å²) in [6.45, 7) is 1.90. The molecule has 0 spiro atoms. The number of carboxylic acid groups (broad SMARTS) is 1. The smallest absolute Gasteiger partial charge is 0.340 e. The quantitative estimate of drug-likeness (QED) is 0.792. The van der Waals surface area contributed by atoms with E-state index in [4.69, 9.17) is 9.26 Å². The first-order chi connectivity index (χ1) is 10.1. The van der Waals surface area contributed by atoms with Crippen LogP contribution in [0, 0.1) is 6.92 Å². The Kier molecular flexibility index (Phi) is 3.27.